The van der Waals surface area contributed by atoms with E-state index < -0.39 is 24.0 Å². The second kappa shape index (κ2) is 6.44. The van der Waals surface area contributed by atoms with E-state index in [9.17, 15) is 9.59 Å². The average molecular weight is 230 g/mol. The van der Waals surface area contributed by atoms with Crippen LogP contribution in [0.25, 0.3) is 0 Å². The lowest BCUT2D eigenvalue weighted by atomic mass is 10.1. The first-order valence-corrected chi connectivity index (χ1v) is 5.50. The van der Waals surface area contributed by atoms with Crippen molar-refractivity contribution in [3.05, 3.63) is 0 Å². The molecule has 6 heteroatoms. The van der Waals surface area contributed by atoms with Gasteiger partial charge < -0.3 is 20.1 Å². The summed E-state index contributed by atoms with van der Waals surface area (Å²) >= 11 is 0. The van der Waals surface area contributed by atoms with Gasteiger partial charge in [0, 0.05) is 13.1 Å². The predicted octanol–water partition coefficient (Wildman–Crippen LogP) is -0.957. The van der Waals surface area contributed by atoms with Crippen LogP contribution in [0.1, 0.15) is 13.8 Å². The van der Waals surface area contributed by atoms with E-state index in [4.69, 9.17) is 9.47 Å². The van der Waals surface area contributed by atoms with Crippen LogP contribution in [-0.2, 0) is 19.1 Å². The fourth-order valence-corrected chi connectivity index (χ4v) is 1.59. The predicted molar refractivity (Wildman–Crippen MR) is 56.8 cm³/mol. The maximum Gasteiger partial charge on any atom is 0.325 e. The molecule has 0 radical (unpaired) electrons. The topological polar surface area (TPSA) is 76.7 Å². The molecule has 16 heavy (non-hydrogen) atoms. The number of rotatable bonds is 4. The minimum atomic E-state index is -0.659. The monoisotopic (exact) mass is 230 g/mol. The zero-order chi connectivity index (χ0) is 12.0. The van der Waals surface area contributed by atoms with Crippen molar-refractivity contribution in [1.29, 1.82) is 0 Å². The molecule has 1 aliphatic heterocycles. The lowest BCUT2D eigenvalue weighted by Crippen LogP contribution is -2.63. The van der Waals surface area contributed by atoms with Crippen molar-refractivity contribution in [3.8, 4) is 0 Å². The van der Waals surface area contributed by atoms with Crippen molar-refractivity contribution in [2.45, 2.75) is 25.9 Å². The van der Waals surface area contributed by atoms with Crippen molar-refractivity contribution in [2.75, 3.05) is 26.3 Å². The SMILES string of the molecule is CCOC(=O)C1NCCNC1C(=O)OCC. The Labute approximate surface area is 94.7 Å². The molecule has 0 aromatic carbocycles. The highest BCUT2D eigenvalue weighted by molar-refractivity contribution is 5.87. The van der Waals surface area contributed by atoms with Gasteiger partial charge in [0.05, 0.1) is 13.2 Å². The smallest absolute Gasteiger partial charge is 0.325 e. The standard InChI is InChI=1S/C10H18N2O4/c1-3-15-9(13)7-8(10(14)16-4-2)12-6-5-11-7/h7-8,11-12H,3-6H2,1-2H3. The van der Waals surface area contributed by atoms with Crippen LogP contribution in [0.2, 0.25) is 0 Å². The summed E-state index contributed by atoms with van der Waals surface area (Å²) in [4.78, 5) is 23.2. The van der Waals surface area contributed by atoms with Crippen LogP contribution < -0.4 is 10.6 Å². The number of nitrogens with one attached hydrogen (secondary N) is 2. The normalized spacial score (nSPS) is 24.9. The molecule has 0 spiro atoms. The fraction of sp³-hybridized carbons (Fsp3) is 0.800. The van der Waals surface area contributed by atoms with Crippen molar-refractivity contribution < 1.29 is 19.1 Å². The first-order chi connectivity index (χ1) is 7.70. The van der Waals surface area contributed by atoms with E-state index in [-0.39, 0.29) is 0 Å². The van der Waals surface area contributed by atoms with Crippen LogP contribution in [-0.4, -0.2) is 50.3 Å². The van der Waals surface area contributed by atoms with Gasteiger partial charge in [-0.25, -0.2) is 0 Å². The molecule has 92 valence electrons. The van der Waals surface area contributed by atoms with Crippen LogP contribution in [0.15, 0.2) is 0 Å². The molecule has 0 aromatic rings. The Kier molecular flexibility index (Phi) is 5.21. The van der Waals surface area contributed by atoms with Crippen LogP contribution in [0.5, 0.6) is 0 Å². The van der Waals surface area contributed by atoms with E-state index in [1.807, 2.05) is 0 Å². The minimum absolute atomic E-state index is 0.298. The largest absolute Gasteiger partial charge is 0.465 e. The molecule has 1 fully saturated rings. The quantitative estimate of drug-likeness (QED) is 0.606. The molecular formula is C10H18N2O4. The lowest BCUT2D eigenvalue weighted by molar-refractivity contribution is -0.155. The molecule has 1 aliphatic rings. The molecule has 0 amide bonds. The minimum Gasteiger partial charge on any atom is -0.465 e. The van der Waals surface area contributed by atoms with Crippen LogP contribution in [0.3, 0.4) is 0 Å². The van der Waals surface area contributed by atoms with Crippen molar-refractivity contribution in [2.24, 2.45) is 0 Å². The van der Waals surface area contributed by atoms with E-state index in [0.717, 1.165) is 0 Å². The molecular weight excluding hydrogens is 212 g/mol. The first kappa shape index (κ1) is 12.9. The summed E-state index contributed by atoms with van der Waals surface area (Å²) in [5.74, 6) is -0.847. The molecule has 1 heterocycles. The van der Waals surface area contributed by atoms with Gasteiger partial charge in [-0.1, -0.05) is 0 Å². The molecule has 1 rings (SSSR count). The summed E-state index contributed by atoms with van der Waals surface area (Å²) in [7, 11) is 0. The number of esters is 2. The highest BCUT2D eigenvalue weighted by atomic mass is 16.5. The third-order valence-corrected chi connectivity index (χ3v) is 2.27. The Hall–Kier alpha value is -1.14. The molecule has 2 atom stereocenters. The van der Waals surface area contributed by atoms with Gasteiger partial charge in [0.2, 0.25) is 0 Å². The Balaban J connectivity index is 2.63. The van der Waals surface area contributed by atoms with E-state index in [0.29, 0.717) is 26.3 Å². The zero-order valence-corrected chi connectivity index (χ0v) is 9.62. The number of ether oxygens (including phenoxy) is 2. The van der Waals surface area contributed by atoms with E-state index in [1.54, 1.807) is 13.8 Å². The molecule has 1 saturated heterocycles. The maximum atomic E-state index is 11.6. The number of piperazine rings is 1. The summed E-state index contributed by atoms with van der Waals surface area (Å²) in [5, 5.41) is 5.91. The maximum absolute atomic E-state index is 11.6. The highest BCUT2D eigenvalue weighted by Crippen LogP contribution is 2.03. The molecule has 0 aliphatic carbocycles. The number of hydrogen-bond donors (Lipinski definition) is 2. The summed E-state index contributed by atoms with van der Waals surface area (Å²) in [5.41, 5.74) is 0. The third-order valence-electron chi connectivity index (χ3n) is 2.27. The Morgan fingerprint density at radius 3 is 1.69 bits per heavy atom. The molecule has 6 nitrogen and oxygen atoms in total. The Morgan fingerprint density at radius 1 is 1.00 bits per heavy atom. The zero-order valence-electron chi connectivity index (χ0n) is 9.62. The van der Waals surface area contributed by atoms with Crippen molar-refractivity contribution in [3.63, 3.8) is 0 Å². The Bertz CT molecular complexity index is 231. The van der Waals surface area contributed by atoms with Gasteiger partial charge in [0.25, 0.3) is 0 Å². The number of hydrogen-bond acceptors (Lipinski definition) is 6. The summed E-state index contributed by atoms with van der Waals surface area (Å²) < 4.78 is 9.78. The van der Waals surface area contributed by atoms with Gasteiger partial charge in [-0.05, 0) is 13.8 Å². The summed E-state index contributed by atoms with van der Waals surface area (Å²) in [6, 6.07) is -1.32. The first-order valence-electron chi connectivity index (χ1n) is 5.50. The molecule has 0 bridgehead atoms. The second-order valence-electron chi connectivity index (χ2n) is 3.37. The van der Waals surface area contributed by atoms with Crippen LogP contribution in [0.4, 0.5) is 0 Å². The van der Waals surface area contributed by atoms with Gasteiger partial charge in [-0.15, -0.1) is 0 Å². The second-order valence-corrected chi connectivity index (χ2v) is 3.37. The average Bonchev–Trinajstić information content (AvgIpc) is 2.30. The van der Waals surface area contributed by atoms with Crippen LogP contribution >= 0.6 is 0 Å². The number of carbonyl (C=O) groups is 2. The lowest BCUT2D eigenvalue weighted by Gasteiger charge is -2.30. The van der Waals surface area contributed by atoms with Gasteiger partial charge in [-0.3, -0.25) is 9.59 Å². The Morgan fingerprint density at radius 2 is 1.38 bits per heavy atom. The summed E-state index contributed by atoms with van der Waals surface area (Å²) in [6.45, 7) is 5.30. The van der Waals surface area contributed by atoms with Gasteiger partial charge >= 0.3 is 11.9 Å². The van der Waals surface area contributed by atoms with Gasteiger partial charge in [0.1, 0.15) is 12.1 Å². The third kappa shape index (κ3) is 3.18. The number of carbonyl (C=O) groups excluding carboxylic acids is 2. The fourth-order valence-electron chi connectivity index (χ4n) is 1.59. The molecule has 0 aromatic heterocycles. The van der Waals surface area contributed by atoms with Gasteiger partial charge in [-0.2, -0.15) is 0 Å². The van der Waals surface area contributed by atoms with E-state index in [1.165, 1.54) is 0 Å². The van der Waals surface area contributed by atoms with Crippen molar-refractivity contribution >= 4 is 11.9 Å². The molecule has 0 saturated carbocycles. The molecule has 2 N–H and O–H groups in total. The van der Waals surface area contributed by atoms with E-state index >= 15 is 0 Å². The summed E-state index contributed by atoms with van der Waals surface area (Å²) in [6.07, 6.45) is 0. The van der Waals surface area contributed by atoms with Crippen LogP contribution in [0, 0.1) is 0 Å². The van der Waals surface area contributed by atoms with E-state index in [2.05, 4.69) is 10.6 Å². The highest BCUT2D eigenvalue weighted by Gasteiger charge is 2.37. The van der Waals surface area contributed by atoms with Crippen molar-refractivity contribution in [1.82, 2.24) is 10.6 Å². The van der Waals surface area contributed by atoms with Gasteiger partial charge in [0.15, 0.2) is 0 Å². The molecule has 2 unspecified atom stereocenters.